The Morgan fingerprint density at radius 2 is 2.33 bits per heavy atom. The van der Waals surface area contributed by atoms with E-state index < -0.39 is 0 Å². The number of nitrogens with two attached hydrogens (primary N) is 1. The summed E-state index contributed by atoms with van der Waals surface area (Å²) in [6.45, 7) is 2.77. The highest BCUT2D eigenvalue weighted by Gasteiger charge is 2.07. The molecular weight excluding hydrogens is 233 g/mol. The minimum Gasteiger partial charge on any atom is -0.489 e. The van der Waals surface area contributed by atoms with Crippen LogP contribution in [0.25, 0.3) is 0 Å². The first kappa shape index (κ1) is 12.6. The van der Waals surface area contributed by atoms with E-state index in [0.717, 1.165) is 5.56 Å². The van der Waals surface area contributed by atoms with Crippen LogP contribution in [0.1, 0.15) is 18.5 Å². The molecule has 0 unspecified atom stereocenters. The fourth-order valence-electron chi connectivity index (χ4n) is 1.60. The molecule has 0 radical (unpaired) electrons. The van der Waals surface area contributed by atoms with Crippen LogP contribution >= 0.6 is 0 Å². The van der Waals surface area contributed by atoms with Crippen LogP contribution in [0.4, 0.5) is 4.39 Å². The van der Waals surface area contributed by atoms with Crippen molar-refractivity contribution < 1.29 is 9.13 Å². The van der Waals surface area contributed by atoms with Gasteiger partial charge < -0.3 is 10.5 Å². The molecule has 2 rings (SSSR count). The van der Waals surface area contributed by atoms with E-state index in [0.29, 0.717) is 13.2 Å². The van der Waals surface area contributed by atoms with Gasteiger partial charge in [-0.3, -0.25) is 4.68 Å². The average molecular weight is 249 g/mol. The lowest BCUT2D eigenvalue weighted by Crippen LogP contribution is -2.10. The highest BCUT2D eigenvalue weighted by atomic mass is 19.1. The molecular formula is C13H16FN3O. The third-order valence-corrected chi connectivity index (χ3v) is 2.62. The van der Waals surface area contributed by atoms with Crippen molar-refractivity contribution in [3.8, 4) is 5.75 Å². The first-order valence-corrected chi connectivity index (χ1v) is 5.82. The molecule has 0 saturated carbocycles. The van der Waals surface area contributed by atoms with Crippen LogP contribution in [-0.4, -0.2) is 16.4 Å². The summed E-state index contributed by atoms with van der Waals surface area (Å²) in [6, 6.07) is 6.44. The monoisotopic (exact) mass is 249 g/mol. The van der Waals surface area contributed by atoms with Crippen molar-refractivity contribution in [2.75, 3.05) is 6.61 Å². The van der Waals surface area contributed by atoms with Crippen molar-refractivity contribution in [1.82, 2.24) is 9.78 Å². The second kappa shape index (κ2) is 5.64. The Bertz CT molecular complexity index is 497. The third kappa shape index (κ3) is 3.07. The van der Waals surface area contributed by atoms with Crippen LogP contribution in [0.5, 0.6) is 5.75 Å². The SMILES string of the molecule is C[C@H](N)c1ccc(OCCn2cccn2)c(F)c1. The maximum Gasteiger partial charge on any atom is 0.165 e. The van der Waals surface area contributed by atoms with E-state index in [9.17, 15) is 4.39 Å². The smallest absolute Gasteiger partial charge is 0.165 e. The van der Waals surface area contributed by atoms with Crippen molar-refractivity contribution in [3.05, 3.63) is 48.0 Å². The van der Waals surface area contributed by atoms with E-state index in [2.05, 4.69) is 5.10 Å². The number of benzene rings is 1. The van der Waals surface area contributed by atoms with Crippen LogP contribution in [0, 0.1) is 5.82 Å². The molecule has 1 atom stereocenters. The molecule has 1 aromatic carbocycles. The van der Waals surface area contributed by atoms with Gasteiger partial charge in [-0.2, -0.15) is 5.10 Å². The number of ether oxygens (including phenoxy) is 1. The van der Waals surface area contributed by atoms with Gasteiger partial charge in [0.2, 0.25) is 0 Å². The van der Waals surface area contributed by atoms with Gasteiger partial charge in [-0.1, -0.05) is 6.07 Å². The Morgan fingerprint density at radius 1 is 1.50 bits per heavy atom. The van der Waals surface area contributed by atoms with Crippen molar-refractivity contribution in [2.24, 2.45) is 5.73 Å². The standard InChI is InChI=1S/C13H16FN3O/c1-10(15)11-3-4-13(12(14)9-11)18-8-7-17-6-2-5-16-17/h2-6,9-10H,7-8,15H2,1H3/t10-/m0/s1. The summed E-state index contributed by atoms with van der Waals surface area (Å²) in [5, 5.41) is 4.03. The zero-order chi connectivity index (χ0) is 13.0. The lowest BCUT2D eigenvalue weighted by Gasteiger charge is -2.10. The number of hydrogen-bond donors (Lipinski definition) is 1. The van der Waals surface area contributed by atoms with Gasteiger partial charge in [0.05, 0.1) is 6.54 Å². The second-order valence-corrected chi connectivity index (χ2v) is 4.10. The maximum absolute atomic E-state index is 13.7. The molecule has 96 valence electrons. The lowest BCUT2D eigenvalue weighted by atomic mass is 10.1. The number of halogens is 1. The summed E-state index contributed by atoms with van der Waals surface area (Å²) in [5.74, 6) is -0.142. The van der Waals surface area contributed by atoms with Crippen LogP contribution < -0.4 is 10.5 Å². The van der Waals surface area contributed by atoms with Crippen molar-refractivity contribution in [2.45, 2.75) is 19.5 Å². The fraction of sp³-hybridized carbons (Fsp3) is 0.308. The average Bonchev–Trinajstić information content (AvgIpc) is 2.84. The topological polar surface area (TPSA) is 53.1 Å². The van der Waals surface area contributed by atoms with Gasteiger partial charge in [-0.15, -0.1) is 0 Å². The normalized spacial score (nSPS) is 12.4. The Morgan fingerprint density at radius 3 is 2.94 bits per heavy atom. The lowest BCUT2D eigenvalue weighted by molar-refractivity contribution is 0.278. The largest absolute Gasteiger partial charge is 0.489 e. The van der Waals surface area contributed by atoms with Gasteiger partial charge >= 0.3 is 0 Å². The Balaban J connectivity index is 1.93. The molecule has 0 fully saturated rings. The van der Waals surface area contributed by atoms with Gasteiger partial charge in [0, 0.05) is 18.4 Å². The first-order chi connectivity index (χ1) is 8.66. The summed E-state index contributed by atoms with van der Waals surface area (Å²) >= 11 is 0. The maximum atomic E-state index is 13.7. The zero-order valence-electron chi connectivity index (χ0n) is 10.2. The summed E-state index contributed by atoms with van der Waals surface area (Å²) < 4.78 is 20.8. The van der Waals surface area contributed by atoms with Gasteiger partial charge in [-0.25, -0.2) is 4.39 Å². The molecule has 2 N–H and O–H groups in total. The summed E-state index contributed by atoms with van der Waals surface area (Å²) in [4.78, 5) is 0. The quantitative estimate of drug-likeness (QED) is 0.883. The summed E-state index contributed by atoms with van der Waals surface area (Å²) in [7, 11) is 0. The number of hydrogen-bond acceptors (Lipinski definition) is 3. The third-order valence-electron chi connectivity index (χ3n) is 2.62. The van der Waals surface area contributed by atoms with Gasteiger partial charge in [0.25, 0.3) is 0 Å². The predicted octanol–water partition coefficient (Wildman–Crippen LogP) is 2.12. The van der Waals surface area contributed by atoms with Crippen molar-refractivity contribution in [1.29, 1.82) is 0 Å². The minimum absolute atomic E-state index is 0.183. The summed E-state index contributed by atoms with van der Waals surface area (Å²) in [5.41, 5.74) is 6.43. The van der Waals surface area contributed by atoms with Crippen molar-refractivity contribution in [3.63, 3.8) is 0 Å². The molecule has 0 aliphatic carbocycles. The molecule has 4 nitrogen and oxygen atoms in total. The van der Waals surface area contributed by atoms with Crippen molar-refractivity contribution >= 4 is 0 Å². The Labute approximate surface area is 105 Å². The van der Waals surface area contributed by atoms with E-state index in [-0.39, 0.29) is 17.6 Å². The van der Waals surface area contributed by atoms with Gasteiger partial charge in [0.1, 0.15) is 6.61 Å². The molecule has 18 heavy (non-hydrogen) atoms. The zero-order valence-corrected chi connectivity index (χ0v) is 10.2. The van der Waals surface area contributed by atoms with Gasteiger partial charge in [0.15, 0.2) is 11.6 Å². The van der Waals surface area contributed by atoms with E-state index >= 15 is 0 Å². The van der Waals surface area contributed by atoms with E-state index in [1.165, 1.54) is 6.07 Å². The van der Waals surface area contributed by atoms with Crippen LogP contribution in [-0.2, 0) is 6.54 Å². The van der Waals surface area contributed by atoms with Gasteiger partial charge in [-0.05, 0) is 30.7 Å². The predicted molar refractivity (Wildman–Crippen MR) is 66.7 cm³/mol. The Hall–Kier alpha value is -1.88. The molecule has 0 saturated heterocycles. The number of aromatic nitrogens is 2. The first-order valence-electron chi connectivity index (χ1n) is 5.82. The summed E-state index contributed by atoms with van der Waals surface area (Å²) in [6.07, 6.45) is 3.52. The number of nitrogens with zero attached hydrogens (tertiary/aromatic N) is 2. The van der Waals surface area contributed by atoms with Crippen LogP contribution in [0.2, 0.25) is 0 Å². The molecule has 0 aliphatic heterocycles. The van der Waals surface area contributed by atoms with E-state index in [1.54, 1.807) is 23.0 Å². The molecule has 0 aliphatic rings. The molecule has 0 spiro atoms. The highest BCUT2D eigenvalue weighted by molar-refractivity contribution is 5.30. The number of rotatable bonds is 5. The minimum atomic E-state index is -0.384. The van der Waals surface area contributed by atoms with E-state index in [1.807, 2.05) is 19.2 Å². The fourth-order valence-corrected chi connectivity index (χ4v) is 1.60. The molecule has 1 aromatic heterocycles. The van der Waals surface area contributed by atoms with E-state index in [4.69, 9.17) is 10.5 Å². The molecule has 5 heteroatoms. The van der Waals surface area contributed by atoms with Crippen LogP contribution in [0.15, 0.2) is 36.7 Å². The molecule has 0 amide bonds. The molecule has 1 heterocycles. The Kier molecular flexibility index (Phi) is 3.94. The molecule has 0 bridgehead atoms. The highest BCUT2D eigenvalue weighted by Crippen LogP contribution is 2.21. The molecule has 2 aromatic rings. The second-order valence-electron chi connectivity index (χ2n) is 4.10. The van der Waals surface area contributed by atoms with Crippen LogP contribution in [0.3, 0.4) is 0 Å².